The molecule has 2 aromatic rings. The van der Waals surface area contributed by atoms with Crippen molar-refractivity contribution in [3.05, 3.63) is 70.8 Å². The molecule has 388 valence electrons. The minimum absolute atomic E-state index is 0.0883. The highest BCUT2D eigenvalue weighted by Crippen LogP contribution is 2.48. The van der Waals surface area contributed by atoms with Crippen molar-refractivity contribution in [3.8, 4) is 0 Å². The fraction of sp³-hybridized carbons (Fsp3) is 0.654. The molecule has 0 spiro atoms. The van der Waals surface area contributed by atoms with Gasteiger partial charge in [-0.1, -0.05) is 101 Å². The number of thioether (sulfide) groups is 2. The van der Waals surface area contributed by atoms with E-state index in [1.807, 2.05) is 74.1 Å². The van der Waals surface area contributed by atoms with E-state index in [1.165, 1.54) is 0 Å². The van der Waals surface area contributed by atoms with Gasteiger partial charge in [-0.2, -0.15) is 0 Å². The molecule has 12 atom stereocenters. The van der Waals surface area contributed by atoms with Gasteiger partial charge in [0.25, 0.3) is 0 Å². The van der Waals surface area contributed by atoms with Crippen molar-refractivity contribution in [2.75, 3.05) is 52.0 Å². The van der Waals surface area contributed by atoms with E-state index in [9.17, 15) is 19.2 Å². The molecule has 8 rings (SSSR count). The minimum atomic E-state index is -0.667. The normalized spacial score (nSPS) is 30.3. The first-order valence-corrected chi connectivity index (χ1v) is 28.3. The molecule has 6 aliphatic rings. The van der Waals surface area contributed by atoms with E-state index in [0.717, 1.165) is 33.8 Å². The molecule has 2 aliphatic carbocycles. The number of thiocarbonyl (C=S) groups is 2. The zero-order valence-electron chi connectivity index (χ0n) is 42.4. The van der Waals surface area contributed by atoms with Crippen molar-refractivity contribution in [3.63, 3.8) is 0 Å². The lowest BCUT2D eigenvalue weighted by atomic mass is 9.83. The first-order valence-electron chi connectivity index (χ1n) is 25.3. The largest absolute Gasteiger partial charge is 0.377 e. The van der Waals surface area contributed by atoms with Gasteiger partial charge >= 0.3 is 0 Å². The van der Waals surface area contributed by atoms with Crippen LogP contribution in [0, 0.1) is 10.8 Å². The summed E-state index contributed by atoms with van der Waals surface area (Å²) in [7, 11) is 3.68. The summed E-state index contributed by atoms with van der Waals surface area (Å²) in [5.74, 6) is 1.03. The molecular weight excluding hydrogens is 977 g/mol. The van der Waals surface area contributed by atoms with Gasteiger partial charge in [-0.05, 0) is 98.2 Å². The predicted molar refractivity (Wildman–Crippen MR) is 288 cm³/mol. The summed E-state index contributed by atoms with van der Waals surface area (Å²) in [6.45, 7) is 13.5. The van der Waals surface area contributed by atoms with Crippen LogP contribution in [0.4, 0.5) is 0 Å². The molecule has 71 heavy (non-hydrogen) atoms. The van der Waals surface area contributed by atoms with Crippen LogP contribution in [0.2, 0.25) is 0 Å². The standard InChI is InChI=1S/C52H74N8O7S4/c1-29(53-7)47(68)55-35-17-23-70-39-27-51(3,4)43(59(39)49(35)63)45(61)57-41-33-15-11-9-13-31(33)25-37(41)66-21-19-65-20-22-67-38-26-32-14-10-12-16-34(32)42(38)58-46(62)44-52(5,6)28-40-60(44)50(64)36(18-24-71-40)56-48(69)30(2)54-8/h9-16,29-30,35-44,53-54H,17-28H2,1-8H3,(H,55,68)(H,56,69)(H,57,61)(H,58,62)/t29-,30-,35-,36-,37-,38+,39-,40-,41-,42-,43?,44+/m0/s1. The van der Waals surface area contributed by atoms with E-state index in [0.29, 0.717) is 74.9 Å². The molecule has 2 aromatic carbocycles. The number of hydrogen-bond donors (Lipinski definition) is 6. The highest BCUT2D eigenvalue weighted by atomic mass is 32.2. The summed E-state index contributed by atoms with van der Waals surface area (Å²) >= 11 is 14.7. The van der Waals surface area contributed by atoms with Gasteiger partial charge in [0.05, 0.1) is 83.5 Å². The maximum atomic E-state index is 14.6. The SMILES string of the molecule is CN[C@@H](C)C(=S)N[C@H]1CCS[C@H]2CC(C)(C)C(C(=O)N[C@H]3c4ccccc4C[C@@H]3OCCOCCO[C@@H]3Cc4ccccc4[C@@H]3NC(=O)[C@H]3N4C(=O)[C@@H](NC(=S)[C@H](C)NC)CCS[C@H]4CC3(C)C)N2C1=O. The van der Waals surface area contributed by atoms with Crippen LogP contribution in [0.1, 0.15) is 102 Å². The molecule has 0 bridgehead atoms. The molecule has 15 nitrogen and oxygen atoms in total. The Morgan fingerprint density at radius 1 is 0.648 bits per heavy atom. The number of nitrogens with one attached hydrogen (secondary N) is 6. The first kappa shape index (κ1) is 53.9. The van der Waals surface area contributed by atoms with Crippen molar-refractivity contribution in [1.82, 2.24) is 41.7 Å². The van der Waals surface area contributed by atoms with E-state index in [2.05, 4.69) is 71.7 Å². The summed E-state index contributed by atoms with van der Waals surface area (Å²) in [4.78, 5) is 62.7. The molecule has 0 aromatic heterocycles. The average molecular weight is 1050 g/mol. The molecular formula is C52H74N8O7S4. The number of fused-ring (bicyclic) bond motifs is 4. The van der Waals surface area contributed by atoms with Gasteiger partial charge in [-0.15, -0.1) is 23.5 Å². The van der Waals surface area contributed by atoms with Gasteiger partial charge in [0, 0.05) is 12.8 Å². The van der Waals surface area contributed by atoms with Gasteiger partial charge in [-0.25, -0.2) is 0 Å². The molecule has 4 saturated heterocycles. The van der Waals surface area contributed by atoms with E-state index in [1.54, 1.807) is 23.5 Å². The summed E-state index contributed by atoms with van der Waals surface area (Å²) in [5.41, 5.74) is 3.35. The lowest BCUT2D eigenvalue weighted by Crippen LogP contribution is -2.58. The van der Waals surface area contributed by atoms with Crippen molar-refractivity contribution in [2.24, 2.45) is 10.8 Å². The number of benzene rings is 2. The third-order valence-electron chi connectivity index (χ3n) is 15.5. The molecule has 4 aliphatic heterocycles. The molecule has 0 saturated carbocycles. The zero-order chi connectivity index (χ0) is 50.8. The summed E-state index contributed by atoms with van der Waals surface area (Å²) in [5, 5.41) is 19.4. The van der Waals surface area contributed by atoms with Crippen LogP contribution < -0.4 is 31.9 Å². The number of likely N-dealkylation sites (N-methyl/N-ethyl adjacent to an activating group) is 2. The van der Waals surface area contributed by atoms with Crippen LogP contribution in [-0.4, -0.2) is 155 Å². The number of ether oxygens (including phenoxy) is 3. The van der Waals surface area contributed by atoms with E-state index in [-0.39, 0.29) is 58.7 Å². The van der Waals surface area contributed by atoms with E-state index in [4.69, 9.17) is 38.6 Å². The zero-order valence-corrected chi connectivity index (χ0v) is 45.7. The number of nitrogens with zero attached hydrogens (tertiary/aromatic N) is 2. The van der Waals surface area contributed by atoms with Crippen molar-refractivity contribution in [2.45, 2.75) is 151 Å². The first-order chi connectivity index (χ1) is 33.9. The molecule has 4 fully saturated rings. The number of hydrogen-bond acceptors (Lipinski definition) is 13. The van der Waals surface area contributed by atoms with Crippen molar-refractivity contribution >= 4 is 81.6 Å². The number of carbonyl (C=O) groups is 4. The number of carbonyl (C=O) groups excluding carboxylic acids is 4. The Morgan fingerprint density at radius 3 is 1.44 bits per heavy atom. The monoisotopic (exact) mass is 1050 g/mol. The maximum Gasteiger partial charge on any atom is 0.246 e. The quantitative estimate of drug-likeness (QED) is 0.0906. The van der Waals surface area contributed by atoms with Gasteiger partial charge in [0.2, 0.25) is 23.6 Å². The Bertz CT molecular complexity index is 2150. The number of rotatable bonds is 18. The van der Waals surface area contributed by atoms with Crippen LogP contribution in [0.5, 0.6) is 0 Å². The highest BCUT2D eigenvalue weighted by Gasteiger charge is 2.57. The molecule has 19 heteroatoms. The van der Waals surface area contributed by atoms with Crippen LogP contribution >= 0.6 is 48.0 Å². The molecule has 6 N–H and O–H groups in total. The lowest BCUT2D eigenvalue weighted by molar-refractivity contribution is -0.143. The fourth-order valence-electron chi connectivity index (χ4n) is 11.4. The predicted octanol–water partition coefficient (Wildman–Crippen LogP) is 4.57. The lowest BCUT2D eigenvalue weighted by Gasteiger charge is -2.35. The smallest absolute Gasteiger partial charge is 0.246 e. The van der Waals surface area contributed by atoms with Gasteiger partial charge in [-0.3, -0.25) is 19.2 Å². The summed E-state index contributed by atoms with van der Waals surface area (Å²) in [6.07, 6.45) is 3.29. The van der Waals surface area contributed by atoms with Crippen LogP contribution in [0.25, 0.3) is 0 Å². The molecule has 4 heterocycles. The van der Waals surface area contributed by atoms with E-state index < -0.39 is 47.1 Å². The Kier molecular flexibility index (Phi) is 17.5. The Hall–Kier alpha value is -3.40. The van der Waals surface area contributed by atoms with Crippen LogP contribution in [-0.2, 0) is 46.2 Å². The van der Waals surface area contributed by atoms with E-state index >= 15 is 0 Å². The molecule has 1 unspecified atom stereocenters. The van der Waals surface area contributed by atoms with Crippen molar-refractivity contribution in [1.29, 1.82) is 0 Å². The Labute approximate surface area is 439 Å². The second-order valence-corrected chi connectivity index (χ2v) is 24.7. The Balaban J connectivity index is 0.858. The summed E-state index contributed by atoms with van der Waals surface area (Å²) < 4.78 is 19.1. The average Bonchev–Trinajstić information content (AvgIpc) is 3.98. The van der Waals surface area contributed by atoms with Gasteiger partial charge < -0.3 is 55.9 Å². The van der Waals surface area contributed by atoms with Gasteiger partial charge in [0.15, 0.2) is 0 Å². The van der Waals surface area contributed by atoms with Crippen molar-refractivity contribution < 1.29 is 33.4 Å². The summed E-state index contributed by atoms with van der Waals surface area (Å²) in [6, 6.07) is 12.9. The highest BCUT2D eigenvalue weighted by molar-refractivity contribution is 8.00. The third kappa shape index (κ3) is 11.6. The topological polar surface area (TPSA) is 175 Å². The third-order valence-corrected chi connectivity index (χ3v) is 18.9. The Morgan fingerprint density at radius 2 is 1.04 bits per heavy atom. The van der Waals surface area contributed by atoms with Crippen LogP contribution in [0.3, 0.4) is 0 Å². The molecule has 0 radical (unpaired) electrons. The fourth-order valence-corrected chi connectivity index (χ4v) is 15.1. The van der Waals surface area contributed by atoms with Crippen LogP contribution in [0.15, 0.2) is 48.5 Å². The maximum absolute atomic E-state index is 14.6. The van der Waals surface area contributed by atoms with Gasteiger partial charge in [0.1, 0.15) is 24.2 Å². The molecule has 4 amide bonds. The number of amides is 4. The second kappa shape index (κ2) is 23.0. The second-order valence-electron chi connectivity index (χ2n) is 21.3. The minimum Gasteiger partial charge on any atom is -0.377 e.